The molecular weight excluding hydrogens is 230 g/mol. The highest BCUT2D eigenvalue weighted by molar-refractivity contribution is 6.32. The van der Waals surface area contributed by atoms with Crippen molar-refractivity contribution in [3.05, 3.63) is 70.2 Å². The van der Waals surface area contributed by atoms with Crippen LogP contribution in [0.2, 0.25) is 5.02 Å². The van der Waals surface area contributed by atoms with Crippen molar-refractivity contribution < 1.29 is 0 Å². The van der Waals surface area contributed by atoms with Gasteiger partial charge in [0, 0.05) is 5.02 Å². The molecule has 0 aliphatic heterocycles. The standard InChI is InChI=1S/C15H10ClN/c16-15-8-4-3-6-13(15)10-9-12-5-1-2-7-14(12)11-17/h1-10H/b10-9+. The first kappa shape index (κ1) is 11.4. The summed E-state index contributed by atoms with van der Waals surface area (Å²) in [4.78, 5) is 0. The predicted molar refractivity (Wildman–Crippen MR) is 71.5 cm³/mol. The lowest BCUT2D eigenvalue weighted by Gasteiger charge is -1.98. The molecular formula is C15H10ClN. The first-order valence-corrected chi connectivity index (χ1v) is 5.61. The monoisotopic (exact) mass is 239 g/mol. The molecule has 0 amide bonds. The highest BCUT2D eigenvalue weighted by Gasteiger charge is 1.97. The molecule has 0 fully saturated rings. The van der Waals surface area contributed by atoms with E-state index in [1.807, 2.05) is 54.6 Å². The summed E-state index contributed by atoms with van der Waals surface area (Å²) in [5.41, 5.74) is 2.51. The molecule has 0 unspecified atom stereocenters. The minimum absolute atomic E-state index is 0.663. The second kappa shape index (κ2) is 5.34. The molecule has 0 aromatic heterocycles. The maximum atomic E-state index is 8.96. The zero-order valence-electron chi connectivity index (χ0n) is 9.10. The fourth-order valence-corrected chi connectivity index (χ4v) is 1.73. The van der Waals surface area contributed by atoms with Gasteiger partial charge in [-0.1, -0.05) is 60.2 Å². The molecule has 17 heavy (non-hydrogen) atoms. The largest absolute Gasteiger partial charge is 0.192 e. The van der Waals surface area contributed by atoms with Crippen molar-refractivity contribution in [2.75, 3.05) is 0 Å². The van der Waals surface area contributed by atoms with Gasteiger partial charge < -0.3 is 0 Å². The van der Waals surface area contributed by atoms with Crippen LogP contribution < -0.4 is 0 Å². The molecule has 0 N–H and O–H groups in total. The fraction of sp³-hybridized carbons (Fsp3) is 0. The van der Waals surface area contributed by atoms with E-state index in [9.17, 15) is 0 Å². The third-order valence-electron chi connectivity index (χ3n) is 2.43. The normalized spacial score (nSPS) is 10.4. The molecule has 0 spiro atoms. The van der Waals surface area contributed by atoms with E-state index in [-0.39, 0.29) is 0 Å². The smallest absolute Gasteiger partial charge is 0.0997 e. The van der Waals surface area contributed by atoms with E-state index >= 15 is 0 Å². The van der Waals surface area contributed by atoms with Crippen LogP contribution in [-0.4, -0.2) is 0 Å². The summed E-state index contributed by atoms with van der Waals surface area (Å²) in [6.07, 6.45) is 3.82. The molecule has 0 aliphatic rings. The highest BCUT2D eigenvalue weighted by Crippen LogP contribution is 2.18. The zero-order chi connectivity index (χ0) is 12.1. The molecule has 0 radical (unpaired) electrons. The molecule has 0 atom stereocenters. The number of nitriles is 1. The number of nitrogens with zero attached hydrogens (tertiary/aromatic N) is 1. The molecule has 2 heteroatoms. The lowest BCUT2D eigenvalue weighted by atomic mass is 10.1. The molecule has 0 bridgehead atoms. The van der Waals surface area contributed by atoms with Crippen LogP contribution >= 0.6 is 11.6 Å². The van der Waals surface area contributed by atoms with E-state index in [4.69, 9.17) is 16.9 Å². The van der Waals surface area contributed by atoms with Gasteiger partial charge in [-0.25, -0.2) is 0 Å². The van der Waals surface area contributed by atoms with E-state index < -0.39 is 0 Å². The van der Waals surface area contributed by atoms with Crippen LogP contribution in [0.4, 0.5) is 0 Å². The Kier molecular flexibility index (Phi) is 3.59. The van der Waals surface area contributed by atoms with Crippen LogP contribution in [0.5, 0.6) is 0 Å². The topological polar surface area (TPSA) is 23.8 Å². The Balaban J connectivity index is 2.33. The summed E-state index contributed by atoms with van der Waals surface area (Å²) < 4.78 is 0. The quantitative estimate of drug-likeness (QED) is 0.714. The van der Waals surface area contributed by atoms with Crippen molar-refractivity contribution >= 4 is 23.8 Å². The summed E-state index contributed by atoms with van der Waals surface area (Å²) in [6.45, 7) is 0. The molecule has 82 valence electrons. The Morgan fingerprint density at radius 3 is 2.18 bits per heavy atom. The Bertz CT molecular complexity index is 594. The lowest BCUT2D eigenvalue weighted by Crippen LogP contribution is -1.80. The van der Waals surface area contributed by atoms with E-state index in [0.29, 0.717) is 10.6 Å². The Labute approximate surface area is 106 Å². The van der Waals surface area contributed by atoms with Crippen LogP contribution in [0.15, 0.2) is 48.5 Å². The summed E-state index contributed by atoms with van der Waals surface area (Å²) in [6, 6.07) is 17.2. The van der Waals surface area contributed by atoms with Crippen molar-refractivity contribution in [3.63, 3.8) is 0 Å². The van der Waals surface area contributed by atoms with Crippen molar-refractivity contribution in [1.82, 2.24) is 0 Å². The van der Waals surface area contributed by atoms with Crippen LogP contribution in [0.1, 0.15) is 16.7 Å². The van der Waals surface area contributed by atoms with Gasteiger partial charge in [0.2, 0.25) is 0 Å². The minimum atomic E-state index is 0.663. The Hall–Kier alpha value is -2.04. The highest BCUT2D eigenvalue weighted by atomic mass is 35.5. The van der Waals surface area contributed by atoms with Gasteiger partial charge in [-0.05, 0) is 23.3 Å². The first-order valence-electron chi connectivity index (χ1n) is 5.23. The predicted octanol–water partition coefficient (Wildman–Crippen LogP) is 4.38. The average molecular weight is 240 g/mol. The molecule has 0 aliphatic carbocycles. The molecule has 0 heterocycles. The van der Waals surface area contributed by atoms with E-state index in [1.54, 1.807) is 6.07 Å². The third kappa shape index (κ3) is 2.75. The van der Waals surface area contributed by atoms with Crippen LogP contribution in [-0.2, 0) is 0 Å². The number of benzene rings is 2. The Morgan fingerprint density at radius 1 is 0.882 bits per heavy atom. The van der Waals surface area contributed by atoms with Crippen LogP contribution in [0.25, 0.3) is 12.2 Å². The maximum absolute atomic E-state index is 8.96. The van der Waals surface area contributed by atoms with Gasteiger partial charge in [-0.3, -0.25) is 0 Å². The SMILES string of the molecule is N#Cc1ccccc1/C=C/c1ccccc1Cl. The second-order valence-corrected chi connectivity index (χ2v) is 3.96. The zero-order valence-corrected chi connectivity index (χ0v) is 9.85. The average Bonchev–Trinajstić information content (AvgIpc) is 2.38. The van der Waals surface area contributed by atoms with Crippen molar-refractivity contribution in [1.29, 1.82) is 5.26 Å². The van der Waals surface area contributed by atoms with Crippen molar-refractivity contribution in [3.8, 4) is 6.07 Å². The van der Waals surface area contributed by atoms with E-state index in [1.165, 1.54) is 0 Å². The first-order chi connectivity index (χ1) is 8.31. The second-order valence-electron chi connectivity index (χ2n) is 3.55. The number of rotatable bonds is 2. The van der Waals surface area contributed by atoms with E-state index in [2.05, 4.69) is 6.07 Å². The van der Waals surface area contributed by atoms with E-state index in [0.717, 1.165) is 11.1 Å². The number of halogens is 1. The number of hydrogen-bond acceptors (Lipinski definition) is 1. The summed E-state index contributed by atoms with van der Waals surface area (Å²) in [5.74, 6) is 0. The summed E-state index contributed by atoms with van der Waals surface area (Å²) in [5, 5.41) is 9.67. The van der Waals surface area contributed by atoms with Crippen LogP contribution in [0, 0.1) is 11.3 Å². The molecule has 1 nitrogen and oxygen atoms in total. The van der Waals surface area contributed by atoms with Gasteiger partial charge in [-0.2, -0.15) is 5.26 Å². The van der Waals surface area contributed by atoms with Crippen molar-refractivity contribution in [2.45, 2.75) is 0 Å². The Morgan fingerprint density at radius 2 is 1.47 bits per heavy atom. The minimum Gasteiger partial charge on any atom is -0.192 e. The lowest BCUT2D eigenvalue weighted by molar-refractivity contribution is 1.47. The molecule has 0 saturated carbocycles. The third-order valence-corrected chi connectivity index (χ3v) is 2.77. The molecule has 0 saturated heterocycles. The van der Waals surface area contributed by atoms with Gasteiger partial charge in [-0.15, -0.1) is 0 Å². The summed E-state index contributed by atoms with van der Waals surface area (Å²) in [7, 11) is 0. The van der Waals surface area contributed by atoms with Gasteiger partial charge in [0.15, 0.2) is 0 Å². The van der Waals surface area contributed by atoms with Gasteiger partial charge in [0.1, 0.15) is 0 Å². The fourth-order valence-electron chi connectivity index (χ4n) is 1.53. The summed E-state index contributed by atoms with van der Waals surface area (Å²) >= 11 is 6.05. The van der Waals surface area contributed by atoms with Crippen molar-refractivity contribution in [2.24, 2.45) is 0 Å². The molecule has 2 aromatic carbocycles. The molecule has 2 aromatic rings. The number of hydrogen-bond donors (Lipinski definition) is 0. The van der Waals surface area contributed by atoms with Gasteiger partial charge in [0.25, 0.3) is 0 Å². The van der Waals surface area contributed by atoms with Gasteiger partial charge in [0.05, 0.1) is 11.6 Å². The maximum Gasteiger partial charge on any atom is 0.0997 e. The molecule has 2 rings (SSSR count). The van der Waals surface area contributed by atoms with Crippen LogP contribution in [0.3, 0.4) is 0 Å². The van der Waals surface area contributed by atoms with Gasteiger partial charge >= 0.3 is 0 Å².